The summed E-state index contributed by atoms with van der Waals surface area (Å²) in [5.74, 6) is -1.73. The van der Waals surface area contributed by atoms with Crippen LogP contribution in [0.5, 0.6) is 0 Å². The van der Waals surface area contributed by atoms with Crippen molar-refractivity contribution in [1.29, 1.82) is 0 Å². The van der Waals surface area contributed by atoms with E-state index in [4.69, 9.17) is 4.74 Å². The maximum atomic E-state index is 11.9. The van der Waals surface area contributed by atoms with Crippen LogP contribution in [0.2, 0.25) is 0 Å². The van der Waals surface area contributed by atoms with Gasteiger partial charge in [0.25, 0.3) is 5.78 Å². The molecule has 0 bridgehead atoms. The summed E-state index contributed by atoms with van der Waals surface area (Å²) in [5.41, 5.74) is -0.753. The number of ketones is 1. The molecule has 108 valence electrons. The van der Waals surface area contributed by atoms with Crippen LogP contribution in [0.1, 0.15) is 40.5 Å². The van der Waals surface area contributed by atoms with Crippen LogP contribution in [-0.2, 0) is 14.3 Å². The van der Waals surface area contributed by atoms with Crippen molar-refractivity contribution in [1.82, 2.24) is 0 Å². The SMILES string of the molecule is C[C@@H]1CCC[N+]1(CC(=O)C(=O)OC(C)(C)C)C(=O)O. The molecule has 0 aromatic heterocycles. The first-order valence-corrected chi connectivity index (χ1v) is 6.45. The minimum Gasteiger partial charge on any atom is -0.454 e. The van der Waals surface area contributed by atoms with Gasteiger partial charge in [-0.05, 0) is 27.7 Å². The van der Waals surface area contributed by atoms with E-state index in [0.717, 1.165) is 12.8 Å². The summed E-state index contributed by atoms with van der Waals surface area (Å²) in [4.78, 5) is 35.0. The van der Waals surface area contributed by atoms with Gasteiger partial charge < -0.3 is 9.84 Å². The Morgan fingerprint density at radius 1 is 1.32 bits per heavy atom. The standard InChI is InChI=1S/C13H21NO5/c1-9-6-5-7-14(9,12(17)18)8-10(15)11(16)19-13(2,3)4/h9H,5-8H2,1-4H3/p+1/t9-,14?/m1/s1. The number of amides is 1. The monoisotopic (exact) mass is 272 g/mol. The molecule has 0 aromatic rings. The van der Waals surface area contributed by atoms with Gasteiger partial charge in [0, 0.05) is 12.8 Å². The Labute approximate surface area is 112 Å². The van der Waals surface area contributed by atoms with E-state index in [0.29, 0.717) is 6.54 Å². The average Bonchev–Trinajstić information content (AvgIpc) is 2.58. The zero-order chi connectivity index (χ0) is 14.8. The van der Waals surface area contributed by atoms with E-state index >= 15 is 0 Å². The lowest BCUT2D eigenvalue weighted by molar-refractivity contribution is -0.859. The van der Waals surface area contributed by atoms with Crippen molar-refractivity contribution in [3.05, 3.63) is 0 Å². The Hall–Kier alpha value is -1.43. The van der Waals surface area contributed by atoms with Crippen LogP contribution in [0.4, 0.5) is 4.79 Å². The number of ether oxygens (including phenoxy) is 1. The van der Waals surface area contributed by atoms with E-state index in [1.54, 1.807) is 27.7 Å². The average molecular weight is 272 g/mol. The molecule has 0 aliphatic carbocycles. The lowest BCUT2D eigenvalue weighted by Gasteiger charge is -2.31. The first kappa shape index (κ1) is 15.6. The minimum atomic E-state index is -1.05. The van der Waals surface area contributed by atoms with Gasteiger partial charge in [-0.15, -0.1) is 0 Å². The summed E-state index contributed by atoms with van der Waals surface area (Å²) < 4.78 is 4.62. The third-order valence-corrected chi connectivity index (χ3v) is 3.46. The van der Waals surface area contributed by atoms with Crippen LogP contribution in [0.25, 0.3) is 0 Å². The molecule has 6 heteroatoms. The van der Waals surface area contributed by atoms with E-state index in [9.17, 15) is 19.5 Å². The number of carbonyl (C=O) groups excluding carboxylic acids is 2. The maximum Gasteiger partial charge on any atom is 0.514 e. The molecule has 1 fully saturated rings. The number of nitrogens with zero attached hydrogens (tertiary/aromatic N) is 1. The van der Waals surface area contributed by atoms with Crippen LogP contribution >= 0.6 is 0 Å². The van der Waals surface area contributed by atoms with Crippen molar-refractivity contribution in [2.75, 3.05) is 13.1 Å². The third-order valence-electron chi connectivity index (χ3n) is 3.46. The topological polar surface area (TPSA) is 80.7 Å². The third kappa shape index (κ3) is 3.53. The number of hydrogen-bond acceptors (Lipinski definition) is 4. The van der Waals surface area contributed by atoms with Gasteiger partial charge >= 0.3 is 12.1 Å². The molecule has 0 spiro atoms. The van der Waals surface area contributed by atoms with Crippen LogP contribution in [0, 0.1) is 0 Å². The smallest absolute Gasteiger partial charge is 0.454 e. The summed E-state index contributed by atoms with van der Waals surface area (Å²) >= 11 is 0. The molecule has 1 saturated heterocycles. The highest BCUT2D eigenvalue weighted by molar-refractivity contribution is 6.34. The number of quaternary nitrogens is 1. The number of hydrogen-bond donors (Lipinski definition) is 1. The van der Waals surface area contributed by atoms with Crippen molar-refractivity contribution in [3.8, 4) is 0 Å². The first-order valence-electron chi connectivity index (χ1n) is 6.45. The van der Waals surface area contributed by atoms with Gasteiger partial charge in [0.2, 0.25) is 0 Å². The van der Waals surface area contributed by atoms with Gasteiger partial charge in [-0.3, -0.25) is 4.79 Å². The van der Waals surface area contributed by atoms with Crippen LogP contribution < -0.4 is 0 Å². The second-order valence-electron chi connectivity index (χ2n) is 6.11. The largest absolute Gasteiger partial charge is 0.514 e. The molecule has 0 aromatic carbocycles. The summed E-state index contributed by atoms with van der Waals surface area (Å²) in [6.07, 6.45) is 0.435. The Morgan fingerprint density at radius 2 is 1.89 bits per heavy atom. The summed E-state index contributed by atoms with van der Waals surface area (Å²) in [6.45, 7) is 6.84. The van der Waals surface area contributed by atoms with E-state index in [1.807, 2.05) is 0 Å². The molecule has 1 N–H and O–H groups in total. The number of likely N-dealkylation sites (tertiary alicyclic amines) is 1. The quantitative estimate of drug-likeness (QED) is 0.479. The molecule has 1 heterocycles. The molecule has 0 saturated carbocycles. The maximum absolute atomic E-state index is 11.9. The fourth-order valence-electron chi connectivity index (χ4n) is 2.38. The van der Waals surface area contributed by atoms with Gasteiger partial charge in [-0.25, -0.2) is 9.28 Å². The summed E-state index contributed by atoms with van der Waals surface area (Å²) in [7, 11) is 0. The highest BCUT2D eigenvalue weighted by Crippen LogP contribution is 2.27. The zero-order valence-electron chi connectivity index (χ0n) is 11.9. The van der Waals surface area contributed by atoms with E-state index < -0.39 is 23.4 Å². The van der Waals surface area contributed by atoms with Gasteiger partial charge in [0.05, 0.1) is 12.6 Å². The molecule has 1 amide bonds. The molecular weight excluding hydrogens is 250 g/mol. The van der Waals surface area contributed by atoms with Gasteiger partial charge in [0.15, 0.2) is 6.54 Å². The van der Waals surface area contributed by atoms with Crippen molar-refractivity contribution >= 4 is 17.8 Å². The highest BCUT2D eigenvalue weighted by atomic mass is 16.6. The number of carbonyl (C=O) groups is 3. The van der Waals surface area contributed by atoms with Crippen LogP contribution in [0.15, 0.2) is 0 Å². The molecule has 1 aliphatic heterocycles. The molecule has 2 atom stereocenters. The van der Waals surface area contributed by atoms with Gasteiger partial charge in [-0.1, -0.05) is 0 Å². The molecule has 1 unspecified atom stereocenters. The Kier molecular flexibility index (Phi) is 4.35. The predicted octanol–water partition coefficient (Wildman–Crippen LogP) is 1.57. The van der Waals surface area contributed by atoms with E-state index in [1.165, 1.54) is 0 Å². The summed E-state index contributed by atoms with van der Waals surface area (Å²) in [6, 6.07) is -0.163. The molecule has 1 aliphatic rings. The summed E-state index contributed by atoms with van der Waals surface area (Å²) in [5, 5.41) is 9.37. The number of rotatable bonds is 3. The lowest BCUT2D eigenvalue weighted by Crippen LogP contribution is -2.58. The fraction of sp³-hybridized carbons (Fsp3) is 0.769. The highest BCUT2D eigenvalue weighted by Gasteiger charge is 2.49. The zero-order valence-corrected chi connectivity index (χ0v) is 11.9. The first-order chi connectivity index (χ1) is 8.58. The molecule has 0 radical (unpaired) electrons. The molecular formula is C13H22NO5+. The van der Waals surface area contributed by atoms with Crippen LogP contribution in [-0.4, -0.2) is 52.2 Å². The Morgan fingerprint density at radius 3 is 2.26 bits per heavy atom. The fourth-order valence-corrected chi connectivity index (χ4v) is 2.38. The van der Waals surface area contributed by atoms with E-state index in [-0.39, 0.29) is 17.1 Å². The van der Waals surface area contributed by atoms with Crippen molar-refractivity contribution in [2.45, 2.75) is 52.2 Å². The van der Waals surface area contributed by atoms with Crippen molar-refractivity contribution < 1.29 is 28.7 Å². The lowest BCUT2D eigenvalue weighted by atomic mass is 10.2. The van der Waals surface area contributed by atoms with Crippen molar-refractivity contribution in [3.63, 3.8) is 0 Å². The molecule has 6 nitrogen and oxygen atoms in total. The molecule has 1 rings (SSSR count). The van der Waals surface area contributed by atoms with Crippen molar-refractivity contribution in [2.24, 2.45) is 0 Å². The predicted molar refractivity (Wildman–Crippen MR) is 67.6 cm³/mol. The number of Topliss-reactive ketones (excluding diaryl/α,β-unsaturated/α-hetero) is 1. The van der Waals surface area contributed by atoms with Crippen LogP contribution in [0.3, 0.4) is 0 Å². The van der Waals surface area contributed by atoms with Gasteiger partial charge in [-0.2, -0.15) is 4.79 Å². The Bertz CT molecular complexity index is 398. The minimum absolute atomic E-state index is 0.163. The molecule has 19 heavy (non-hydrogen) atoms. The van der Waals surface area contributed by atoms with Gasteiger partial charge in [0.1, 0.15) is 5.60 Å². The second-order valence-corrected chi connectivity index (χ2v) is 6.11. The number of esters is 1. The van der Waals surface area contributed by atoms with E-state index in [2.05, 4.69) is 0 Å². The second kappa shape index (κ2) is 5.28. The number of carboxylic acid groups (broad SMARTS) is 1. The Balaban J connectivity index is 2.79. The normalized spacial score (nSPS) is 27.1.